The number of hydrogen-bond donors (Lipinski definition) is 3. The van der Waals surface area contributed by atoms with Gasteiger partial charge in [-0.3, -0.25) is 14.4 Å². The van der Waals surface area contributed by atoms with Crippen LogP contribution in [-0.2, 0) is 4.79 Å². The van der Waals surface area contributed by atoms with E-state index in [2.05, 4.69) is 10.3 Å². The first-order chi connectivity index (χ1) is 12.9. The number of pyridine rings is 1. The lowest BCUT2D eigenvalue weighted by Crippen LogP contribution is -2.35. The number of hydrogen-bond acceptors (Lipinski definition) is 3. The zero-order valence-electron chi connectivity index (χ0n) is 13.6. The Bertz CT molecular complexity index is 1110. The third kappa shape index (κ3) is 3.81. The second-order valence-electron chi connectivity index (χ2n) is 5.55. The molecule has 0 aliphatic rings. The van der Waals surface area contributed by atoms with Gasteiger partial charge in [0.05, 0.1) is 12.2 Å². The number of anilines is 1. The first kappa shape index (κ1) is 18.2. The zero-order valence-corrected chi connectivity index (χ0v) is 13.6. The molecule has 0 spiro atoms. The van der Waals surface area contributed by atoms with Crippen molar-refractivity contribution in [1.29, 1.82) is 0 Å². The molecular weight excluding hydrogens is 363 g/mol. The van der Waals surface area contributed by atoms with Crippen molar-refractivity contribution >= 4 is 28.4 Å². The Morgan fingerprint density at radius 1 is 1.00 bits per heavy atom. The molecule has 3 aromatic rings. The fourth-order valence-corrected chi connectivity index (χ4v) is 2.39. The van der Waals surface area contributed by atoms with E-state index in [1.165, 1.54) is 6.07 Å². The van der Waals surface area contributed by atoms with Crippen LogP contribution in [0.5, 0.6) is 0 Å². The van der Waals surface area contributed by atoms with Gasteiger partial charge < -0.3 is 15.6 Å². The maximum Gasteiger partial charge on any atom is 0.261 e. The summed E-state index contributed by atoms with van der Waals surface area (Å²) < 4.78 is 39.5. The van der Waals surface area contributed by atoms with E-state index in [0.29, 0.717) is 17.0 Å². The van der Waals surface area contributed by atoms with Crippen LogP contribution >= 0.6 is 0 Å². The third-order valence-electron chi connectivity index (χ3n) is 3.72. The molecule has 2 aromatic carbocycles. The lowest BCUT2D eigenvalue weighted by molar-refractivity contribution is -0.115. The van der Waals surface area contributed by atoms with Gasteiger partial charge in [-0.1, -0.05) is 18.2 Å². The predicted molar refractivity (Wildman–Crippen MR) is 91.8 cm³/mol. The number of carbonyl (C=O) groups excluding carboxylic acids is 2. The number of nitrogens with one attached hydrogen (secondary N) is 3. The smallest absolute Gasteiger partial charge is 0.261 e. The largest absolute Gasteiger partial charge is 0.343 e. The van der Waals surface area contributed by atoms with Crippen LogP contribution in [0.15, 0.2) is 47.3 Å². The number of para-hydroxylation sites is 1. The Hall–Kier alpha value is -3.62. The number of amides is 2. The van der Waals surface area contributed by atoms with Crippen LogP contribution in [0.25, 0.3) is 10.9 Å². The van der Waals surface area contributed by atoms with Crippen LogP contribution in [0.2, 0.25) is 0 Å². The fraction of sp³-hybridized carbons (Fsp3) is 0.0556. The van der Waals surface area contributed by atoms with E-state index < -0.39 is 47.1 Å². The summed E-state index contributed by atoms with van der Waals surface area (Å²) >= 11 is 0. The Balaban J connectivity index is 1.69. The molecule has 9 heteroatoms. The molecule has 27 heavy (non-hydrogen) atoms. The van der Waals surface area contributed by atoms with Gasteiger partial charge in [0.15, 0.2) is 17.5 Å². The summed E-state index contributed by atoms with van der Waals surface area (Å²) in [6, 6.07) is 9.69. The van der Waals surface area contributed by atoms with E-state index in [0.717, 1.165) is 6.07 Å². The molecule has 0 radical (unpaired) electrons. The van der Waals surface area contributed by atoms with Gasteiger partial charge in [-0.25, -0.2) is 13.2 Å². The molecule has 0 saturated heterocycles. The Morgan fingerprint density at radius 2 is 1.74 bits per heavy atom. The van der Waals surface area contributed by atoms with Crippen LogP contribution in [0, 0.1) is 17.5 Å². The van der Waals surface area contributed by atoms with E-state index in [9.17, 15) is 27.6 Å². The van der Waals surface area contributed by atoms with Crippen molar-refractivity contribution in [3.63, 3.8) is 0 Å². The van der Waals surface area contributed by atoms with Crippen molar-refractivity contribution < 1.29 is 22.8 Å². The van der Waals surface area contributed by atoms with Gasteiger partial charge in [-0.2, -0.15) is 0 Å². The topological polar surface area (TPSA) is 91.1 Å². The van der Waals surface area contributed by atoms with Crippen LogP contribution in [0.3, 0.4) is 0 Å². The lowest BCUT2D eigenvalue weighted by Gasteiger charge is -2.08. The van der Waals surface area contributed by atoms with Gasteiger partial charge in [-0.05, 0) is 29.7 Å². The molecule has 0 bridgehead atoms. The molecule has 1 heterocycles. The lowest BCUT2D eigenvalue weighted by atomic mass is 10.1. The van der Waals surface area contributed by atoms with Crippen molar-refractivity contribution in [1.82, 2.24) is 10.3 Å². The van der Waals surface area contributed by atoms with Crippen LogP contribution < -0.4 is 16.2 Å². The summed E-state index contributed by atoms with van der Waals surface area (Å²) in [6.45, 7) is -0.608. The number of carbonyl (C=O) groups is 2. The molecule has 0 aliphatic carbocycles. The minimum absolute atomic E-state index is 0.208. The number of H-pyrrole nitrogens is 1. The summed E-state index contributed by atoms with van der Waals surface area (Å²) in [7, 11) is 0. The average Bonchev–Trinajstić information content (AvgIpc) is 2.66. The molecule has 0 saturated carbocycles. The summed E-state index contributed by atoms with van der Waals surface area (Å²) in [5, 5.41) is 4.84. The van der Waals surface area contributed by atoms with Crippen molar-refractivity contribution in [2.75, 3.05) is 11.9 Å². The van der Waals surface area contributed by atoms with E-state index in [1.54, 1.807) is 24.3 Å². The second kappa shape index (κ2) is 7.32. The summed E-state index contributed by atoms with van der Waals surface area (Å²) in [6.07, 6.45) is 0. The molecule has 138 valence electrons. The average molecular weight is 375 g/mol. The van der Waals surface area contributed by atoms with Crippen LogP contribution in [-0.4, -0.2) is 23.3 Å². The molecular formula is C18H12F3N3O3. The number of rotatable bonds is 4. The molecule has 0 atom stereocenters. The molecule has 3 rings (SSSR count). The number of halogens is 3. The highest BCUT2D eigenvalue weighted by Gasteiger charge is 2.17. The van der Waals surface area contributed by atoms with Gasteiger partial charge >= 0.3 is 0 Å². The SMILES string of the molecule is O=C(CNC(=O)c1cc2ccccc2[nH]c1=O)Nc1ccc(F)c(F)c1F. The highest BCUT2D eigenvalue weighted by atomic mass is 19.2. The van der Waals surface area contributed by atoms with Crippen molar-refractivity contribution in [3.8, 4) is 0 Å². The molecule has 0 unspecified atom stereocenters. The fourth-order valence-electron chi connectivity index (χ4n) is 2.39. The Morgan fingerprint density at radius 3 is 2.52 bits per heavy atom. The van der Waals surface area contributed by atoms with Gasteiger partial charge in [0.1, 0.15) is 5.56 Å². The number of benzene rings is 2. The van der Waals surface area contributed by atoms with Gasteiger partial charge in [0.2, 0.25) is 5.91 Å². The van der Waals surface area contributed by atoms with Gasteiger partial charge in [0.25, 0.3) is 11.5 Å². The number of aromatic nitrogens is 1. The highest BCUT2D eigenvalue weighted by molar-refractivity contribution is 6.00. The molecule has 0 aliphatic heterocycles. The van der Waals surface area contributed by atoms with Gasteiger partial charge in [0, 0.05) is 5.52 Å². The minimum atomic E-state index is -1.72. The summed E-state index contributed by atoms with van der Waals surface area (Å²) in [5.41, 5.74) is -0.874. The molecule has 1 aromatic heterocycles. The number of fused-ring (bicyclic) bond motifs is 1. The normalized spacial score (nSPS) is 10.6. The standard InChI is InChI=1S/C18H12F3N3O3/c19-11-5-6-13(16(21)15(11)20)23-14(25)8-22-17(26)10-7-9-3-1-2-4-12(9)24-18(10)27/h1-7H,8H2,(H,22,26)(H,23,25)(H,24,27). The van der Waals surface area contributed by atoms with Crippen molar-refractivity contribution in [2.45, 2.75) is 0 Å². The monoisotopic (exact) mass is 375 g/mol. The molecule has 2 amide bonds. The van der Waals surface area contributed by atoms with E-state index in [1.807, 2.05) is 5.32 Å². The van der Waals surface area contributed by atoms with E-state index >= 15 is 0 Å². The van der Waals surface area contributed by atoms with Crippen molar-refractivity contribution in [3.05, 3.63) is 75.8 Å². The zero-order chi connectivity index (χ0) is 19.6. The highest BCUT2D eigenvalue weighted by Crippen LogP contribution is 2.19. The Labute approximate surface area is 150 Å². The van der Waals surface area contributed by atoms with Crippen molar-refractivity contribution in [2.24, 2.45) is 0 Å². The molecule has 6 nitrogen and oxygen atoms in total. The maximum absolute atomic E-state index is 13.5. The first-order valence-electron chi connectivity index (χ1n) is 7.70. The summed E-state index contributed by atoms with van der Waals surface area (Å²) in [4.78, 5) is 38.5. The predicted octanol–water partition coefficient (Wildman–Crippen LogP) is 2.31. The van der Waals surface area contributed by atoms with Crippen LogP contribution in [0.4, 0.5) is 18.9 Å². The third-order valence-corrected chi connectivity index (χ3v) is 3.72. The minimum Gasteiger partial charge on any atom is -0.343 e. The van der Waals surface area contributed by atoms with E-state index in [-0.39, 0.29) is 5.56 Å². The number of aromatic amines is 1. The second-order valence-corrected chi connectivity index (χ2v) is 5.55. The van der Waals surface area contributed by atoms with Crippen LogP contribution in [0.1, 0.15) is 10.4 Å². The first-order valence-corrected chi connectivity index (χ1v) is 7.70. The van der Waals surface area contributed by atoms with Gasteiger partial charge in [-0.15, -0.1) is 0 Å². The maximum atomic E-state index is 13.5. The van der Waals surface area contributed by atoms with E-state index in [4.69, 9.17) is 0 Å². The molecule has 0 fully saturated rings. The summed E-state index contributed by atoms with van der Waals surface area (Å²) in [5.74, 6) is -6.37. The Kier molecular flexibility index (Phi) is 4.93. The quantitative estimate of drug-likeness (QED) is 0.611. The molecule has 3 N–H and O–H groups in total.